The van der Waals surface area contributed by atoms with Crippen LogP contribution in [0.25, 0.3) is 0 Å². The van der Waals surface area contributed by atoms with Gasteiger partial charge in [-0.15, -0.1) is 0 Å². The summed E-state index contributed by atoms with van der Waals surface area (Å²) in [6.45, 7) is 1.29. The molecule has 19 heavy (non-hydrogen) atoms. The number of benzene rings is 1. The van der Waals surface area contributed by atoms with Crippen molar-refractivity contribution in [3.05, 3.63) is 29.8 Å². The van der Waals surface area contributed by atoms with Crippen molar-refractivity contribution in [2.45, 2.75) is 30.4 Å². The fraction of sp³-hybridized carbons (Fsp3) is 0.571. The van der Waals surface area contributed by atoms with Crippen molar-refractivity contribution in [3.8, 4) is 5.75 Å². The molecule has 1 aliphatic carbocycles. The number of rotatable bonds is 4. The number of methoxy groups -OCH3 is 1. The van der Waals surface area contributed by atoms with Crippen molar-refractivity contribution in [1.82, 2.24) is 4.31 Å². The molecule has 1 heterocycles. The molecule has 104 valence electrons. The fourth-order valence-electron chi connectivity index (χ4n) is 2.68. The van der Waals surface area contributed by atoms with Crippen LogP contribution in [-0.4, -0.2) is 38.2 Å². The third kappa shape index (κ3) is 2.49. The quantitative estimate of drug-likeness (QED) is 0.848. The monoisotopic (exact) mass is 281 g/mol. The molecule has 1 atom stereocenters. The molecule has 4 nitrogen and oxygen atoms in total. The Kier molecular flexibility index (Phi) is 3.27. The second-order valence-electron chi connectivity index (χ2n) is 5.36. The van der Waals surface area contributed by atoms with Gasteiger partial charge in [-0.3, -0.25) is 0 Å². The summed E-state index contributed by atoms with van der Waals surface area (Å²) < 4.78 is 31.2. The molecule has 0 bridgehead atoms. The number of sulfonamides is 1. The minimum absolute atomic E-state index is 0.0953. The van der Waals surface area contributed by atoms with Gasteiger partial charge in [-0.25, -0.2) is 12.7 Å². The van der Waals surface area contributed by atoms with Gasteiger partial charge in [-0.1, -0.05) is 12.1 Å². The molecule has 1 saturated heterocycles. The van der Waals surface area contributed by atoms with E-state index in [0.717, 1.165) is 25.0 Å². The summed E-state index contributed by atoms with van der Waals surface area (Å²) in [5.41, 5.74) is 1.20. The van der Waals surface area contributed by atoms with Crippen molar-refractivity contribution >= 4 is 10.0 Å². The van der Waals surface area contributed by atoms with Crippen LogP contribution in [0.5, 0.6) is 5.75 Å². The maximum Gasteiger partial charge on any atom is 0.217 e. The highest BCUT2D eigenvalue weighted by molar-refractivity contribution is 7.90. The Morgan fingerprint density at radius 2 is 1.84 bits per heavy atom. The van der Waals surface area contributed by atoms with E-state index >= 15 is 0 Å². The highest BCUT2D eigenvalue weighted by atomic mass is 32.2. The molecule has 0 amide bonds. The first kappa shape index (κ1) is 12.9. The predicted molar refractivity (Wildman–Crippen MR) is 73.9 cm³/mol. The maximum absolute atomic E-state index is 12.2. The lowest BCUT2D eigenvalue weighted by Crippen LogP contribution is -2.31. The minimum atomic E-state index is -3.01. The first-order valence-electron chi connectivity index (χ1n) is 6.74. The smallest absolute Gasteiger partial charge is 0.217 e. The van der Waals surface area contributed by atoms with Gasteiger partial charge in [0.15, 0.2) is 0 Å². The Balaban J connectivity index is 1.71. The predicted octanol–water partition coefficient (Wildman–Crippen LogP) is 1.98. The Morgan fingerprint density at radius 3 is 2.42 bits per heavy atom. The molecule has 0 N–H and O–H groups in total. The van der Waals surface area contributed by atoms with E-state index in [0.29, 0.717) is 19.0 Å². The fourth-order valence-corrected chi connectivity index (χ4v) is 4.59. The molecular weight excluding hydrogens is 262 g/mol. The SMILES string of the molecule is COc1ccc(C2CCN(S(=O)(=O)C3CC3)C2)cc1. The van der Waals surface area contributed by atoms with Crippen LogP contribution in [-0.2, 0) is 10.0 Å². The van der Waals surface area contributed by atoms with Gasteiger partial charge in [0, 0.05) is 13.1 Å². The molecule has 3 rings (SSSR count). The second-order valence-corrected chi connectivity index (χ2v) is 7.57. The number of nitrogens with zero attached hydrogens (tertiary/aromatic N) is 1. The van der Waals surface area contributed by atoms with Gasteiger partial charge >= 0.3 is 0 Å². The maximum atomic E-state index is 12.2. The zero-order valence-electron chi connectivity index (χ0n) is 11.1. The van der Waals surface area contributed by atoms with Gasteiger partial charge in [0.25, 0.3) is 0 Å². The van der Waals surface area contributed by atoms with Crippen LogP contribution in [0.2, 0.25) is 0 Å². The Labute approximate surface area is 114 Å². The minimum Gasteiger partial charge on any atom is -0.497 e. The average Bonchev–Trinajstić information content (AvgIpc) is 3.17. The second kappa shape index (κ2) is 4.80. The molecule has 2 aliphatic rings. The van der Waals surface area contributed by atoms with Gasteiger partial charge in [0.05, 0.1) is 12.4 Å². The summed E-state index contributed by atoms with van der Waals surface area (Å²) in [6.07, 6.45) is 2.59. The number of ether oxygens (including phenoxy) is 1. The van der Waals surface area contributed by atoms with Crippen LogP contribution >= 0.6 is 0 Å². The van der Waals surface area contributed by atoms with E-state index in [1.54, 1.807) is 11.4 Å². The van der Waals surface area contributed by atoms with Crippen LogP contribution < -0.4 is 4.74 Å². The van der Waals surface area contributed by atoms with Crippen LogP contribution in [0.4, 0.5) is 0 Å². The molecule has 1 aromatic carbocycles. The van der Waals surface area contributed by atoms with E-state index in [4.69, 9.17) is 4.74 Å². The highest BCUT2D eigenvalue weighted by Crippen LogP contribution is 2.36. The van der Waals surface area contributed by atoms with Crippen LogP contribution in [0, 0.1) is 0 Å². The van der Waals surface area contributed by atoms with Gasteiger partial charge in [-0.05, 0) is 42.9 Å². The van der Waals surface area contributed by atoms with Crippen LogP contribution in [0.1, 0.15) is 30.7 Å². The topological polar surface area (TPSA) is 46.6 Å². The molecular formula is C14H19NO3S. The Bertz CT molecular complexity index is 549. The molecule has 0 radical (unpaired) electrons. The van der Waals surface area contributed by atoms with Crippen LogP contribution in [0.3, 0.4) is 0 Å². The van der Waals surface area contributed by atoms with Crippen molar-refractivity contribution in [3.63, 3.8) is 0 Å². The normalized spacial score (nSPS) is 24.6. The van der Waals surface area contributed by atoms with E-state index in [1.165, 1.54) is 5.56 Å². The Morgan fingerprint density at radius 1 is 1.16 bits per heavy atom. The molecule has 1 aromatic rings. The molecule has 1 saturated carbocycles. The standard InChI is InChI=1S/C14H19NO3S/c1-18-13-4-2-11(3-5-13)12-8-9-15(10-12)19(16,17)14-6-7-14/h2-5,12,14H,6-10H2,1H3. The Hall–Kier alpha value is -1.07. The lowest BCUT2D eigenvalue weighted by atomic mass is 9.99. The molecule has 2 fully saturated rings. The van der Waals surface area contributed by atoms with E-state index < -0.39 is 10.0 Å². The zero-order valence-corrected chi connectivity index (χ0v) is 11.9. The lowest BCUT2D eigenvalue weighted by molar-refractivity contribution is 0.414. The summed E-state index contributed by atoms with van der Waals surface area (Å²) >= 11 is 0. The number of hydrogen-bond acceptors (Lipinski definition) is 3. The molecule has 0 aromatic heterocycles. The highest BCUT2D eigenvalue weighted by Gasteiger charge is 2.42. The molecule has 1 unspecified atom stereocenters. The third-order valence-electron chi connectivity index (χ3n) is 4.04. The molecule has 1 aliphatic heterocycles. The average molecular weight is 281 g/mol. The van der Waals surface area contributed by atoms with Gasteiger partial charge < -0.3 is 4.74 Å². The number of hydrogen-bond donors (Lipinski definition) is 0. The summed E-state index contributed by atoms with van der Waals surface area (Å²) in [5.74, 6) is 1.16. The van der Waals surface area contributed by atoms with E-state index in [9.17, 15) is 8.42 Å². The summed E-state index contributed by atoms with van der Waals surface area (Å²) in [5, 5.41) is -0.0953. The van der Waals surface area contributed by atoms with E-state index in [2.05, 4.69) is 0 Å². The summed E-state index contributed by atoms with van der Waals surface area (Å²) in [4.78, 5) is 0. The molecule has 0 spiro atoms. The van der Waals surface area contributed by atoms with Crippen molar-refractivity contribution in [2.75, 3.05) is 20.2 Å². The van der Waals surface area contributed by atoms with E-state index in [1.807, 2.05) is 24.3 Å². The van der Waals surface area contributed by atoms with Crippen molar-refractivity contribution in [1.29, 1.82) is 0 Å². The first-order chi connectivity index (χ1) is 9.11. The van der Waals surface area contributed by atoms with Gasteiger partial charge in [-0.2, -0.15) is 0 Å². The van der Waals surface area contributed by atoms with Crippen LogP contribution in [0.15, 0.2) is 24.3 Å². The zero-order chi connectivity index (χ0) is 13.5. The van der Waals surface area contributed by atoms with E-state index in [-0.39, 0.29) is 5.25 Å². The van der Waals surface area contributed by atoms with Crippen molar-refractivity contribution < 1.29 is 13.2 Å². The molecule has 5 heteroatoms. The summed E-state index contributed by atoms with van der Waals surface area (Å²) in [7, 11) is -1.36. The largest absolute Gasteiger partial charge is 0.497 e. The van der Waals surface area contributed by atoms with Gasteiger partial charge in [0.1, 0.15) is 5.75 Å². The lowest BCUT2D eigenvalue weighted by Gasteiger charge is -2.16. The first-order valence-corrected chi connectivity index (χ1v) is 8.24. The van der Waals surface area contributed by atoms with Gasteiger partial charge in [0.2, 0.25) is 10.0 Å². The third-order valence-corrected chi connectivity index (χ3v) is 6.41. The van der Waals surface area contributed by atoms with Crippen molar-refractivity contribution in [2.24, 2.45) is 0 Å². The summed E-state index contributed by atoms with van der Waals surface area (Å²) in [6, 6.07) is 7.95.